The number of benzene rings is 1. The summed E-state index contributed by atoms with van der Waals surface area (Å²) in [6.07, 6.45) is 9.72. The molecule has 1 N–H and O–H groups in total. The maximum atomic E-state index is 13.2. The van der Waals surface area contributed by atoms with Gasteiger partial charge in [-0.2, -0.15) is 0 Å². The Kier molecular flexibility index (Phi) is 4.71. The van der Waals surface area contributed by atoms with E-state index in [1.807, 2.05) is 6.08 Å². The minimum absolute atomic E-state index is 0.00125. The molecule has 1 aromatic rings. The van der Waals surface area contributed by atoms with Crippen molar-refractivity contribution in [2.75, 3.05) is 20.3 Å². The van der Waals surface area contributed by atoms with Crippen molar-refractivity contribution in [1.82, 2.24) is 0 Å². The van der Waals surface area contributed by atoms with E-state index >= 15 is 0 Å². The number of carbonyl (C=O) groups is 1. The first kappa shape index (κ1) is 23.4. The molecule has 6 aliphatic rings. The van der Waals surface area contributed by atoms with E-state index in [0.717, 1.165) is 44.3 Å². The second-order valence-corrected chi connectivity index (χ2v) is 14.0. The maximum Gasteiger partial charge on any atom is 0.171 e. The van der Waals surface area contributed by atoms with E-state index < -0.39 is 11.4 Å². The molecule has 1 heterocycles. The number of rotatable bonds is 1. The lowest BCUT2D eigenvalue weighted by atomic mass is 9.37. The number of ketones is 1. The highest BCUT2D eigenvalue weighted by Crippen LogP contribution is 2.73. The standard InChI is InChI=1S/C31H40O5/c1-27(2)17-35-31(36-18-27)12-11-29-14-19-13-20(34-4)5-6-21(19)23-15-28(3)24(7-8-25(28)32)22(26(23)29)9-10-30(29,33)16-31/h5-8,13,22-24,26,33H,9-12,14-18H2,1-4H3/t22-,23?,24+,26?,28-,29-,30+/m0/s1. The number of allylic oxidation sites excluding steroid dienone is 2. The second kappa shape index (κ2) is 7.24. The monoisotopic (exact) mass is 492 g/mol. The molecule has 0 bridgehead atoms. The quantitative estimate of drug-likeness (QED) is 0.584. The predicted octanol–water partition coefficient (Wildman–Crippen LogP) is 5.20. The van der Waals surface area contributed by atoms with E-state index in [1.165, 1.54) is 11.1 Å². The Morgan fingerprint density at radius 1 is 1.08 bits per heavy atom. The van der Waals surface area contributed by atoms with Gasteiger partial charge >= 0.3 is 0 Å². The van der Waals surface area contributed by atoms with Crippen LogP contribution in [0, 0.1) is 34.0 Å². The van der Waals surface area contributed by atoms with Crippen LogP contribution in [0.25, 0.3) is 0 Å². The number of hydrogen-bond acceptors (Lipinski definition) is 5. The molecule has 7 atom stereocenters. The molecule has 3 saturated carbocycles. The van der Waals surface area contributed by atoms with Gasteiger partial charge in [0.25, 0.3) is 0 Å². The minimum Gasteiger partial charge on any atom is -0.497 e. The van der Waals surface area contributed by atoms with Crippen LogP contribution in [0.5, 0.6) is 5.75 Å². The van der Waals surface area contributed by atoms with Crippen molar-refractivity contribution in [1.29, 1.82) is 0 Å². The molecule has 1 aromatic carbocycles. The first-order valence-electron chi connectivity index (χ1n) is 13.9. The molecule has 5 heteroatoms. The van der Waals surface area contributed by atoms with Crippen molar-refractivity contribution in [3.05, 3.63) is 41.5 Å². The summed E-state index contributed by atoms with van der Waals surface area (Å²) < 4.78 is 18.5. The fraction of sp³-hybridized carbons (Fsp3) is 0.710. The van der Waals surface area contributed by atoms with Gasteiger partial charge in [0, 0.05) is 29.1 Å². The predicted molar refractivity (Wildman–Crippen MR) is 136 cm³/mol. The van der Waals surface area contributed by atoms with E-state index in [-0.39, 0.29) is 33.9 Å². The van der Waals surface area contributed by atoms with E-state index in [2.05, 4.69) is 45.0 Å². The Bertz CT molecular complexity index is 1140. The van der Waals surface area contributed by atoms with Gasteiger partial charge in [-0.3, -0.25) is 4.79 Å². The smallest absolute Gasteiger partial charge is 0.171 e. The number of carbonyl (C=O) groups excluding carboxylic acids is 1. The Hall–Kier alpha value is -1.69. The van der Waals surface area contributed by atoms with Crippen molar-refractivity contribution in [3.8, 4) is 5.75 Å². The van der Waals surface area contributed by atoms with E-state index in [1.54, 1.807) is 7.11 Å². The molecule has 36 heavy (non-hydrogen) atoms. The molecule has 194 valence electrons. The van der Waals surface area contributed by atoms with Crippen molar-refractivity contribution in [2.24, 2.45) is 34.0 Å². The van der Waals surface area contributed by atoms with Gasteiger partial charge in [-0.05, 0) is 85.1 Å². The van der Waals surface area contributed by atoms with Crippen LogP contribution in [0.2, 0.25) is 0 Å². The highest BCUT2D eigenvalue weighted by atomic mass is 16.7. The van der Waals surface area contributed by atoms with Crippen molar-refractivity contribution >= 4 is 5.78 Å². The SMILES string of the molecule is COc1ccc2c(c1)C[C@]13CCC4(C[C@]1(O)CC[C@@H]1C3C2C[C@]2(C)C(=O)C=C[C@H]12)OCC(C)(C)CO4. The molecule has 0 aromatic heterocycles. The van der Waals surface area contributed by atoms with Crippen LogP contribution in [0.1, 0.15) is 76.3 Å². The fourth-order valence-electron chi connectivity index (χ4n) is 9.67. The molecule has 5 aliphatic carbocycles. The average Bonchev–Trinajstić information content (AvgIpc) is 3.15. The van der Waals surface area contributed by atoms with Gasteiger partial charge in [0.05, 0.1) is 25.9 Å². The molecule has 4 fully saturated rings. The average molecular weight is 493 g/mol. The number of fused-ring (bicyclic) bond motifs is 4. The van der Waals surface area contributed by atoms with Crippen molar-refractivity contribution in [2.45, 2.75) is 83.0 Å². The van der Waals surface area contributed by atoms with E-state index in [9.17, 15) is 9.90 Å². The van der Waals surface area contributed by atoms with Crippen LogP contribution in [0.3, 0.4) is 0 Å². The van der Waals surface area contributed by atoms with Gasteiger partial charge in [0.15, 0.2) is 11.6 Å². The lowest BCUT2D eigenvalue weighted by Gasteiger charge is -2.69. The van der Waals surface area contributed by atoms with Gasteiger partial charge in [0.2, 0.25) is 0 Å². The molecule has 5 nitrogen and oxygen atoms in total. The van der Waals surface area contributed by atoms with Gasteiger partial charge in [-0.1, -0.05) is 32.9 Å². The lowest BCUT2D eigenvalue weighted by molar-refractivity contribution is -0.357. The Labute approximate surface area is 214 Å². The fourth-order valence-corrected chi connectivity index (χ4v) is 9.67. The third-order valence-electron chi connectivity index (χ3n) is 11.4. The van der Waals surface area contributed by atoms with Gasteiger partial charge in [-0.25, -0.2) is 0 Å². The molecule has 1 aliphatic heterocycles. The third kappa shape index (κ3) is 2.91. The second-order valence-electron chi connectivity index (χ2n) is 14.0. The van der Waals surface area contributed by atoms with Gasteiger partial charge in [-0.15, -0.1) is 0 Å². The highest BCUT2D eigenvalue weighted by molar-refractivity contribution is 5.97. The summed E-state index contributed by atoms with van der Waals surface area (Å²) in [5.41, 5.74) is 1.22. The highest BCUT2D eigenvalue weighted by Gasteiger charge is 2.71. The molecule has 0 amide bonds. The summed E-state index contributed by atoms with van der Waals surface area (Å²) in [6.45, 7) is 7.88. The lowest BCUT2D eigenvalue weighted by Crippen LogP contribution is -2.70. The molecule has 2 unspecified atom stereocenters. The Morgan fingerprint density at radius 2 is 1.86 bits per heavy atom. The summed E-state index contributed by atoms with van der Waals surface area (Å²) in [5.74, 6) is 1.77. The molecular formula is C31H40O5. The van der Waals surface area contributed by atoms with Crippen molar-refractivity contribution in [3.63, 3.8) is 0 Å². The van der Waals surface area contributed by atoms with Gasteiger partial charge in [0.1, 0.15) is 5.75 Å². The summed E-state index contributed by atoms with van der Waals surface area (Å²) in [6, 6.07) is 6.51. The summed E-state index contributed by atoms with van der Waals surface area (Å²) >= 11 is 0. The number of aliphatic hydroxyl groups is 1. The van der Waals surface area contributed by atoms with Gasteiger partial charge < -0.3 is 19.3 Å². The largest absolute Gasteiger partial charge is 0.497 e. The molecule has 2 spiro atoms. The zero-order valence-electron chi connectivity index (χ0n) is 22.1. The first-order valence-corrected chi connectivity index (χ1v) is 13.9. The zero-order valence-corrected chi connectivity index (χ0v) is 22.1. The van der Waals surface area contributed by atoms with Crippen LogP contribution in [-0.2, 0) is 20.7 Å². The minimum atomic E-state index is -0.854. The Balaban J connectivity index is 1.35. The molecular weight excluding hydrogens is 452 g/mol. The summed E-state index contributed by atoms with van der Waals surface area (Å²) in [7, 11) is 1.72. The van der Waals surface area contributed by atoms with Crippen LogP contribution < -0.4 is 4.74 Å². The normalized spacial score (nSPS) is 45.4. The summed E-state index contributed by atoms with van der Waals surface area (Å²) in [5, 5.41) is 12.7. The van der Waals surface area contributed by atoms with Crippen LogP contribution in [0.15, 0.2) is 30.4 Å². The van der Waals surface area contributed by atoms with E-state index in [0.29, 0.717) is 31.5 Å². The topological polar surface area (TPSA) is 65.0 Å². The van der Waals surface area contributed by atoms with Crippen LogP contribution in [0.4, 0.5) is 0 Å². The third-order valence-corrected chi connectivity index (χ3v) is 11.4. The zero-order chi connectivity index (χ0) is 25.1. The number of methoxy groups -OCH3 is 1. The Morgan fingerprint density at radius 3 is 2.61 bits per heavy atom. The first-order chi connectivity index (χ1) is 17.0. The van der Waals surface area contributed by atoms with Crippen LogP contribution >= 0.6 is 0 Å². The molecule has 1 saturated heterocycles. The number of hydrogen-bond donors (Lipinski definition) is 1. The molecule has 0 radical (unpaired) electrons. The van der Waals surface area contributed by atoms with E-state index in [4.69, 9.17) is 14.2 Å². The van der Waals surface area contributed by atoms with Crippen molar-refractivity contribution < 1.29 is 24.1 Å². The molecule has 7 rings (SSSR count). The maximum absolute atomic E-state index is 13.2. The van der Waals surface area contributed by atoms with Crippen LogP contribution in [-0.4, -0.2) is 42.6 Å². The number of ether oxygens (including phenoxy) is 3. The summed E-state index contributed by atoms with van der Waals surface area (Å²) in [4.78, 5) is 13.2.